The number of amides is 2. The number of hydrogen-bond donors (Lipinski definition) is 2. The van der Waals surface area contributed by atoms with Crippen LogP contribution in [0.4, 0.5) is 0 Å². The van der Waals surface area contributed by atoms with E-state index in [1.54, 1.807) is 0 Å². The van der Waals surface area contributed by atoms with Crippen LogP contribution < -0.4 is 10.6 Å². The molecule has 1 saturated heterocycles. The first-order valence-electron chi connectivity index (χ1n) is 12.2. The van der Waals surface area contributed by atoms with Gasteiger partial charge in [0.25, 0.3) is 5.91 Å². The summed E-state index contributed by atoms with van der Waals surface area (Å²) in [5.74, 6) is -1.03. The summed E-state index contributed by atoms with van der Waals surface area (Å²) >= 11 is 7.77. The number of rotatable bonds is 9. The highest BCUT2D eigenvalue weighted by molar-refractivity contribution is 8.00. The smallest absolute Gasteiger partial charge is 0.356 e. The van der Waals surface area contributed by atoms with Crippen LogP contribution in [0.15, 0.2) is 102 Å². The second kappa shape index (κ2) is 11.9. The Morgan fingerprint density at radius 1 is 0.947 bits per heavy atom. The zero-order valence-electron chi connectivity index (χ0n) is 20.4. The minimum absolute atomic E-state index is 0.0451. The second-order valence-corrected chi connectivity index (χ2v) is 10.5. The largest absolute Gasteiger partial charge is 0.456 e. The molecular weight excluding hydrogens is 522 g/mol. The van der Waals surface area contributed by atoms with E-state index in [0.717, 1.165) is 16.7 Å². The van der Waals surface area contributed by atoms with Gasteiger partial charge in [-0.2, -0.15) is 0 Å². The maximum absolute atomic E-state index is 13.4. The second-order valence-electron chi connectivity index (χ2n) is 8.92. The van der Waals surface area contributed by atoms with Crippen molar-refractivity contribution in [1.29, 1.82) is 0 Å². The lowest BCUT2D eigenvalue weighted by molar-refractivity contribution is -0.153. The summed E-state index contributed by atoms with van der Waals surface area (Å²) in [5, 5.41) is 6.02. The molecule has 0 radical (unpaired) electrons. The van der Waals surface area contributed by atoms with Gasteiger partial charge in [-0.05, 0) is 16.7 Å². The topological polar surface area (TPSA) is 87.7 Å². The van der Waals surface area contributed by atoms with Crippen LogP contribution in [0.25, 0.3) is 0 Å². The SMILES string of the molecule is O=C(OCc1ccccc1)C1=C(Cl)CS[C@@H]2[C@H](NC(=O)[C@H](NCc3ccccc3)c3ccccc3)C(=O)N12. The van der Waals surface area contributed by atoms with Crippen molar-refractivity contribution in [2.45, 2.75) is 30.6 Å². The van der Waals surface area contributed by atoms with E-state index in [1.807, 2.05) is 91.0 Å². The minimum Gasteiger partial charge on any atom is -0.456 e. The number of carbonyl (C=O) groups is 3. The minimum atomic E-state index is -0.779. The van der Waals surface area contributed by atoms with E-state index in [-0.39, 0.29) is 23.2 Å². The van der Waals surface area contributed by atoms with Crippen molar-refractivity contribution < 1.29 is 19.1 Å². The predicted octanol–water partition coefficient (Wildman–Crippen LogP) is 4.11. The molecule has 0 bridgehead atoms. The van der Waals surface area contributed by atoms with Crippen molar-refractivity contribution in [3.63, 3.8) is 0 Å². The quantitative estimate of drug-likeness (QED) is 0.310. The molecule has 2 amide bonds. The summed E-state index contributed by atoms with van der Waals surface area (Å²) < 4.78 is 5.44. The highest BCUT2D eigenvalue weighted by Gasteiger charge is 2.54. The number of nitrogens with zero attached hydrogens (tertiary/aromatic N) is 1. The van der Waals surface area contributed by atoms with E-state index < -0.39 is 29.3 Å². The Balaban J connectivity index is 1.26. The van der Waals surface area contributed by atoms with Gasteiger partial charge in [-0.1, -0.05) is 103 Å². The summed E-state index contributed by atoms with van der Waals surface area (Å²) in [5.41, 5.74) is 2.69. The van der Waals surface area contributed by atoms with Crippen molar-refractivity contribution in [2.24, 2.45) is 0 Å². The van der Waals surface area contributed by atoms with E-state index >= 15 is 0 Å². The first-order chi connectivity index (χ1) is 18.5. The third kappa shape index (κ3) is 5.62. The first kappa shape index (κ1) is 26.0. The monoisotopic (exact) mass is 547 g/mol. The number of hydrogen-bond acceptors (Lipinski definition) is 6. The Kier molecular flexibility index (Phi) is 8.12. The molecule has 3 aromatic carbocycles. The number of nitrogens with one attached hydrogen (secondary N) is 2. The third-order valence-electron chi connectivity index (χ3n) is 6.37. The predicted molar refractivity (Wildman–Crippen MR) is 147 cm³/mol. The number of fused-ring (bicyclic) bond motifs is 1. The molecule has 0 unspecified atom stereocenters. The van der Waals surface area contributed by atoms with Crippen LogP contribution in [0, 0.1) is 0 Å². The maximum atomic E-state index is 13.4. The Hall–Kier alpha value is -3.59. The van der Waals surface area contributed by atoms with Crippen LogP contribution in [0.2, 0.25) is 0 Å². The molecule has 38 heavy (non-hydrogen) atoms. The van der Waals surface area contributed by atoms with Crippen LogP contribution in [-0.4, -0.2) is 39.9 Å². The Bertz CT molecular complexity index is 1340. The molecule has 2 N–H and O–H groups in total. The molecule has 0 saturated carbocycles. The van der Waals surface area contributed by atoms with Crippen molar-refractivity contribution in [1.82, 2.24) is 15.5 Å². The fourth-order valence-electron chi connectivity index (χ4n) is 4.42. The number of halogens is 1. The van der Waals surface area contributed by atoms with Crippen LogP contribution in [0.5, 0.6) is 0 Å². The Morgan fingerprint density at radius 3 is 2.21 bits per heavy atom. The zero-order chi connectivity index (χ0) is 26.5. The third-order valence-corrected chi connectivity index (χ3v) is 8.12. The molecule has 194 valence electrons. The molecule has 1 fully saturated rings. The lowest BCUT2D eigenvalue weighted by Gasteiger charge is -2.49. The molecule has 7 nitrogen and oxygen atoms in total. The Labute approximate surface area is 230 Å². The zero-order valence-corrected chi connectivity index (χ0v) is 22.0. The van der Waals surface area contributed by atoms with Crippen molar-refractivity contribution in [2.75, 3.05) is 5.75 Å². The van der Waals surface area contributed by atoms with E-state index in [0.29, 0.717) is 12.3 Å². The lowest BCUT2D eigenvalue weighted by Crippen LogP contribution is -2.71. The summed E-state index contributed by atoms with van der Waals surface area (Å²) in [6, 6.07) is 27.0. The van der Waals surface area contributed by atoms with Crippen LogP contribution in [-0.2, 0) is 32.3 Å². The fraction of sp³-hybridized carbons (Fsp3) is 0.207. The average Bonchev–Trinajstić information content (AvgIpc) is 2.96. The van der Waals surface area contributed by atoms with Crippen LogP contribution >= 0.6 is 23.4 Å². The standard InChI is InChI=1S/C29H26ClN3O4S/c30-22-18-38-28-24(27(35)33(28)25(22)29(36)37-17-20-12-6-2-7-13-20)32-26(34)23(21-14-8-3-9-15-21)31-16-19-10-4-1-5-11-19/h1-15,23-24,28,31H,16-18H2,(H,32,34)/t23-,24-,28-/m1/s1. The van der Waals surface area contributed by atoms with Gasteiger partial charge < -0.3 is 10.1 Å². The number of β-lactam (4-membered cyclic amide) rings is 1. The van der Waals surface area contributed by atoms with Crippen molar-refractivity contribution in [3.05, 3.63) is 118 Å². The van der Waals surface area contributed by atoms with E-state index in [2.05, 4.69) is 10.6 Å². The van der Waals surface area contributed by atoms with E-state index in [9.17, 15) is 14.4 Å². The summed E-state index contributed by atoms with van der Waals surface area (Å²) in [6.45, 7) is 0.547. The number of thioether (sulfide) groups is 1. The van der Waals surface area contributed by atoms with Gasteiger partial charge in [-0.25, -0.2) is 4.79 Å². The van der Waals surface area contributed by atoms with E-state index in [4.69, 9.17) is 16.3 Å². The molecule has 2 aliphatic heterocycles. The highest BCUT2D eigenvalue weighted by atomic mass is 35.5. The number of ether oxygens (including phenoxy) is 1. The van der Waals surface area contributed by atoms with Crippen LogP contribution in [0.3, 0.4) is 0 Å². The van der Waals surface area contributed by atoms with Gasteiger partial charge in [0.15, 0.2) is 0 Å². The van der Waals surface area contributed by atoms with Crippen LogP contribution in [0.1, 0.15) is 22.7 Å². The summed E-state index contributed by atoms with van der Waals surface area (Å²) in [7, 11) is 0. The maximum Gasteiger partial charge on any atom is 0.356 e. The molecule has 2 aliphatic rings. The number of benzene rings is 3. The molecule has 0 aromatic heterocycles. The highest BCUT2D eigenvalue weighted by Crippen LogP contribution is 2.42. The van der Waals surface area contributed by atoms with Crippen molar-refractivity contribution >= 4 is 41.1 Å². The van der Waals surface area contributed by atoms with Gasteiger partial charge in [0.05, 0.1) is 5.03 Å². The van der Waals surface area contributed by atoms with Gasteiger partial charge in [-0.3, -0.25) is 19.8 Å². The molecule has 2 heterocycles. The van der Waals surface area contributed by atoms with Gasteiger partial charge in [-0.15, -0.1) is 11.8 Å². The number of esters is 1. The molecule has 5 rings (SSSR count). The Morgan fingerprint density at radius 2 is 1.55 bits per heavy atom. The van der Waals surface area contributed by atoms with Gasteiger partial charge in [0.1, 0.15) is 29.8 Å². The molecule has 3 atom stereocenters. The molecule has 0 aliphatic carbocycles. The van der Waals surface area contributed by atoms with Gasteiger partial charge >= 0.3 is 5.97 Å². The normalized spacial score (nSPS) is 19.3. The summed E-state index contributed by atoms with van der Waals surface area (Å²) in [6.07, 6.45) is 0. The van der Waals surface area contributed by atoms with Crippen molar-refractivity contribution in [3.8, 4) is 0 Å². The molecular formula is C29H26ClN3O4S. The average molecular weight is 548 g/mol. The van der Waals surface area contributed by atoms with Gasteiger partial charge in [0.2, 0.25) is 5.91 Å². The lowest BCUT2D eigenvalue weighted by atomic mass is 10.0. The molecule has 0 spiro atoms. The fourth-order valence-corrected chi connectivity index (χ4v) is 5.97. The molecule has 3 aromatic rings. The van der Waals surface area contributed by atoms with Gasteiger partial charge in [0, 0.05) is 12.3 Å². The first-order valence-corrected chi connectivity index (χ1v) is 13.6. The number of carbonyl (C=O) groups excluding carboxylic acids is 3. The molecule has 9 heteroatoms. The van der Waals surface area contributed by atoms with E-state index in [1.165, 1.54) is 16.7 Å². The summed E-state index contributed by atoms with van der Waals surface area (Å²) in [4.78, 5) is 40.9.